The molecule has 0 spiro atoms. The lowest BCUT2D eigenvalue weighted by Gasteiger charge is -2.26. The predicted octanol–water partition coefficient (Wildman–Crippen LogP) is 3.63. The van der Waals surface area contributed by atoms with E-state index in [0.29, 0.717) is 33.9 Å². The van der Waals surface area contributed by atoms with Gasteiger partial charge in [0, 0.05) is 19.6 Å². The van der Waals surface area contributed by atoms with Crippen molar-refractivity contribution in [2.75, 3.05) is 39.5 Å². The lowest BCUT2D eigenvalue weighted by atomic mass is 10.1. The molecule has 1 aromatic carbocycles. The summed E-state index contributed by atoms with van der Waals surface area (Å²) in [6.07, 6.45) is 5.03. The molecule has 2 aliphatic rings. The first-order valence-electron chi connectivity index (χ1n) is 11.5. The molecule has 0 unspecified atom stereocenters. The van der Waals surface area contributed by atoms with Gasteiger partial charge in [0.25, 0.3) is 11.8 Å². The minimum atomic E-state index is -0.365. The van der Waals surface area contributed by atoms with Gasteiger partial charge in [-0.25, -0.2) is 0 Å². The molecule has 0 N–H and O–H groups in total. The first-order valence-corrected chi connectivity index (χ1v) is 12.7. The monoisotopic (exact) mass is 506 g/mol. The highest BCUT2D eigenvalue weighted by Crippen LogP contribution is 2.35. The molecule has 3 rings (SSSR count). The average Bonchev–Trinajstić information content (AvgIpc) is 3.10. The zero-order chi connectivity index (χ0) is 24.5. The van der Waals surface area contributed by atoms with Crippen molar-refractivity contribution in [1.29, 1.82) is 0 Å². The number of ether oxygens (including phenoxy) is 3. The van der Waals surface area contributed by atoms with Crippen molar-refractivity contribution in [3.8, 4) is 11.5 Å². The molecule has 0 aromatic heterocycles. The molecule has 2 heterocycles. The van der Waals surface area contributed by atoms with Crippen LogP contribution in [0.4, 0.5) is 0 Å². The van der Waals surface area contributed by atoms with Gasteiger partial charge in [-0.15, -0.1) is 0 Å². The number of benzene rings is 1. The minimum absolute atomic E-state index is 0.0299. The van der Waals surface area contributed by atoms with Crippen LogP contribution in [-0.4, -0.2) is 71.4 Å². The topological polar surface area (TPSA) is 85.4 Å². The molecule has 0 bridgehead atoms. The van der Waals surface area contributed by atoms with Crippen LogP contribution in [0.3, 0.4) is 0 Å². The maximum absolute atomic E-state index is 12.8. The number of esters is 1. The van der Waals surface area contributed by atoms with Gasteiger partial charge in [-0.3, -0.25) is 19.3 Å². The quantitative estimate of drug-likeness (QED) is 0.270. The Kier molecular flexibility index (Phi) is 9.76. The van der Waals surface area contributed by atoms with Crippen LogP contribution in [-0.2, 0) is 19.1 Å². The number of carbonyl (C=O) groups excluding carboxylic acids is 3. The molecule has 1 aromatic rings. The minimum Gasteiger partial charge on any atom is -0.490 e. The lowest BCUT2D eigenvalue weighted by Crippen LogP contribution is -2.38. The third-order valence-corrected chi connectivity index (χ3v) is 6.72. The van der Waals surface area contributed by atoms with Crippen LogP contribution >= 0.6 is 24.0 Å². The van der Waals surface area contributed by atoms with Gasteiger partial charge in [-0.1, -0.05) is 30.0 Å². The van der Waals surface area contributed by atoms with Crippen molar-refractivity contribution >= 4 is 52.2 Å². The molecule has 0 aliphatic carbocycles. The van der Waals surface area contributed by atoms with Gasteiger partial charge in [0.05, 0.1) is 24.5 Å². The summed E-state index contributed by atoms with van der Waals surface area (Å²) in [5.74, 6) is 0.338. The maximum atomic E-state index is 12.8. The molecule has 2 amide bonds. The van der Waals surface area contributed by atoms with Crippen molar-refractivity contribution in [3.05, 3.63) is 28.7 Å². The predicted molar refractivity (Wildman–Crippen MR) is 135 cm³/mol. The van der Waals surface area contributed by atoms with Crippen LogP contribution < -0.4 is 9.47 Å². The zero-order valence-electron chi connectivity index (χ0n) is 19.5. The second-order valence-corrected chi connectivity index (χ2v) is 9.43. The number of rotatable bonds is 10. The van der Waals surface area contributed by atoms with E-state index in [0.717, 1.165) is 37.9 Å². The fraction of sp³-hybridized carbons (Fsp3) is 0.500. The van der Waals surface area contributed by atoms with Crippen molar-refractivity contribution in [1.82, 2.24) is 9.80 Å². The number of likely N-dealkylation sites (tertiary alicyclic amines) is 1. The number of hydrogen-bond acceptors (Lipinski definition) is 8. The summed E-state index contributed by atoms with van der Waals surface area (Å²) >= 11 is 6.51. The average molecular weight is 507 g/mol. The SMILES string of the molecule is CCOC(=O)CCN1C(=O)/C(=C\c2ccc(OCC(=O)N3CCCCC3)c(OCC)c2)SC1=S. The highest BCUT2D eigenvalue weighted by Gasteiger charge is 2.32. The van der Waals surface area contributed by atoms with Crippen LogP contribution in [0, 0.1) is 0 Å². The molecule has 10 heteroatoms. The maximum Gasteiger partial charge on any atom is 0.307 e. The smallest absolute Gasteiger partial charge is 0.307 e. The van der Waals surface area contributed by atoms with Crippen molar-refractivity contribution in [2.45, 2.75) is 39.5 Å². The third-order valence-electron chi connectivity index (χ3n) is 5.34. The highest BCUT2D eigenvalue weighted by atomic mass is 32.2. The Hall–Kier alpha value is -2.59. The first-order chi connectivity index (χ1) is 16.4. The van der Waals surface area contributed by atoms with Crippen LogP contribution in [0.25, 0.3) is 6.08 Å². The summed E-state index contributed by atoms with van der Waals surface area (Å²) in [5, 5.41) is 0. The van der Waals surface area contributed by atoms with Gasteiger partial charge in [0.2, 0.25) is 0 Å². The summed E-state index contributed by atoms with van der Waals surface area (Å²) in [6.45, 7) is 6.01. The Labute approximate surface area is 209 Å². The summed E-state index contributed by atoms with van der Waals surface area (Å²) in [6, 6.07) is 5.31. The number of piperidine rings is 1. The molecule has 2 aliphatic heterocycles. The Balaban J connectivity index is 1.66. The normalized spacial score (nSPS) is 17.3. The fourth-order valence-electron chi connectivity index (χ4n) is 3.66. The van der Waals surface area contributed by atoms with E-state index < -0.39 is 0 Å². The number of thioether (sulfide) groups is 1. The largest absolute Gasteiger partial charge is 0.490 e. The Morgan fingerprint density at radius 1 is 1.09 bits per heavy atom. The van der Waals surface area contributed by atoms with Gasteiger partial charge in [-0.2, -0.15) is 0 Å². The van der Waals surface area contributed by atoms with Gasteiger partial charge in [0.15, 0.2) is 18.1 Å². The van der Waals surface area contributed by atoms with Crippen molar-refractivity contribution in [2.24, 2.45) is 0 Å². The molecule has 0 radical (unpaired) electrons. The van der Waals surface area contributed by atoms with E-state index in [2.05, 4.69) is 0 Å². The van der Waals surface area contributed by atoms with E-state index in [4.69, 9.17) is 26.4 Å². The van der Waals surface area contributed by atoms with Gasteiger partial charge < -0.3 is 19.1 Å². The molecule has 0 atom stereocenters. The number of hydrogen-bond donors (Lipinski definition) is 0. The second-order valence-electron chi connectivity index (χ2n) is 7.76. The van der Waals surface area contributed by atoms with E-state index in [1.165, 1.54) is 16.7 Å². The van der Waals surface area contributed by atoms with Crippen LogP contribution in [0.15, 0.2) is 23.1 Å². The molecule has 8 nitrogen and oxygen atoms in total. The Morgan fingerprint density at radius 3 is 2.56 bits per heavy atom. The summed E-state index contributed by atoms with van der Waals surface area (Å²) < 4.78 is 16.8. The molecule has 2 saturated heterocycles. The second kappa shape index (κ2) is 12.8. The molecular weight excluding hydrogens is 476 g/mol. The number of carbonyl (C=O) groups is 3. The standard InChI is InChI=1S/C24H30N2O6S2/c1-3-30-19-14-17(8-9-18(19)32-16-21(27)25-11-6-5-7-12-25)15-20-23(29)26(24(33)34-20)13-10-22(28)31-4-2/h8-9,14-15H,3-7,10-13,16H2,1-2H3/b20-15+. The number of amides is 2. The van der Waals surface area contributed by atoms with Crippen LogP contribution in [0.1, 0.15) is 45.1 Å². The number of nitrogens with zero attached hydrogens (tertiary/aromatic N) is 2. The summed E-state index contributed by atoms with van der Waals surface area (Å²) in [7, 11) is 0. The van der Waals surface area contributed by atoms with E-state index in [1.807, 2.05) is 11.8 Å². The van der Waals surface area contributed by atoms with Gasteiger partial charge in [0.1, 0.15) is 4.32 Å². The molecular formula is C24H30N2O6S2. The van der Waals surface area contributed by atoms with E-state index in [-0.39, 0.29) is 37.4 Å². The highest BCUT2D eigenvalue weighted by molar-refractivity contribution is 8.26. The van der Waals surface area contributed by atoms with Crippen LogP contribution in [0.5, 0.6) is 11.5 Å². The molecule has 34 heavy (non-hydrogen) atoms. The lowest BCUT2D eigenvalue weighted by molar-refractivity contribution is -0.143. The molecule has 184 valence electrons. The molecule has 0 saturated carbocycles. The van der Waals surface area contributed by atoms with Crippen molar-refractivity contribution in [3.63, 3.8) is 0 Å². The number of thiocarbonyl (C=S) groups is 1. The van der Waals surface area contributed by atoms with E-state index >= 15 is 0 Å². The Bertz CT molecular complexity index is 959. The fourth-order valence-corrected chi connectivity index (χ4v) is 4.97. The van der Waals surface area contributed by atoms with E-state index in [1.54, 1.807) is 31.2 Å². The van der Waals surface area contributed by atoms with Gasteiger partial charge in [-0.05, 0) is 56.9 Å². The summed E-state index contributed by atoms with van der Waals surface area (Å²) in [4.78, 5) is 40.6. The first kappa shape index (κ1) is 26.0. The zero-order valence-corrected chi connectivity index (χ0v) is 21.2. The van der Waals surface area contributed by atoms with Crippen molar-refractivity contribution < 1.29 is 28.6 Å². The Morgan fingerprint density at radius 2 is 1.85 bits per heavy atom. The third kappa shape index (κ3) is 6.96. The van der Waals surface area contributed by atoms with Crippen LogP contribution in [0.2, 0.25) is 0 Å². The summed E-state index contributed by atoms with van der Waals surface area (Å²) in [5.41, 5.74) is 0.740. The molecule has 2 fully saturated rings. The van der Waals surface area contributed by atoms with E-state index in [9.17, 15) is 14.4 Å². The van der Waals surface area contributed by atoms with Gasteiger partial charge >= 0.3 is 5.97 Å².